The molecule has 2 N–H and O–H groups in total. The van der Waals surface area contributed by atoms with Crippen LogP contribution in [0.25, 0.3) is 21.7 Å². The molecule has 0 radical (unpaired) electrons. The van der Waals surface area contributed by atoms with E-state index >= 15 is 0 Å². The number of furan rings is 1. The van der Waals surface area contributed by atoms with Crippen molar-refractivity contribution in [1.82, 2.24) is 10.6 Å². The molecule has 0 fully saturated rings. The van der Waals surface area contributed by atoms with Gasteiger partial charge in [-0.25, -0.2) is 9.59 Å². The minimum absolute atomic E-state index is 0.0437. The topological polar surface area (TPSA) is 97.6 Å². The molecule has 1 aromatic heterocycles. The number of aryl methyl sites for hydroxylation is 1. The lowest BCUT2D eigenvalue weighted by Gasteiger charge is -2.05. The molecular formula is C19H18N2O5. The van der Waals surface area contributed by atoms with Crippen LogP contribution in [-0.4, -0.2) is 31.1 Å². The van der Waals surface area contributed by atoms with Gasteiger partial charge in [-0.05, 0) is 19.2 Å². The maximum Gasteiger partial charge on any atom is 0.375 e. The van der Waals surface area contributed by atoms with Gasteiger partial charge in [-0.2, -0.15) is 0 Å². The van der Waals surface area contributed by atoms with Gasteiger partial charge in [-0.1, -0.05) is 36.4 Å². The zero-order valence-corrected chi connectivity index (χ0v) is 14.4. The Morgan fingerprint density at radius 2 is 1.85 bits per heavy atom. The third-order valence-corrected chi connectivity index (χ3v) is 3.94. The van der Waals surface area contributed by atoms with Gasteiger partial charge in [-0.3, -0.25) is 10.1 Å². The summed E-state index contributed by atoms with van der Waals surface area (Å²) in [5.41, 5.74) is 1.24. The summed E-state index contributed by atoms with van der Waals surface area (Å²) < 4.78 is 10.7. The molecule has 0 atom stereocenters. The van der Waals surface area contributed by atoms with Crippen LogP contribution in [0.15, 0.2) is 40.8 Å². The van der Waals surface area contributed by atoms with Crippen molar-refractivity contribution in [2.45, 2.75) is 13.8 Å². The summed E-state index contributed by atoms with van der Waals surface area (Å²) in [4.78, 5) is 35.2. The summed E-state index contributed by atoms with van der Waals surface area (Å²) in [6, 6.07) is 10.9. The summed E-state index contributed by atoms with van der Waals surface area (Å²) in [7, 11) is 0. The van der Waals surface area contributed by atoms with E-state index in [9.17, 15) is 14.4 Å². The number of hydrogen-bond acceptors (Lipinski definition) is 5. The number of ether oxygens (including phenoxy) is 1. The lowest BCUT2D eigenvalue weighted by Crippen LogP contribution is -2.41. The van der Waals surface area contributed by atoms with E-state index in [0.717, 1.165) is 16.2 Å². The van der Waals surface area contributed by atoms with E-state index in [1.54, 1.807) is 13.8 Å². The van der Waals surface area contributed by atoms with Gasteiger partial charge in [0.2, 0.25) is 5.76 Å². The zero-order chi connectivity index (χ0) is 18.7. The molecule has 0 unspecified atom stereocenters. The van der Waals surface area contributed by atoms with Crippen molar-refractivity contribution >= 4 is 39.6 Å². The Morgan fingerprint density at radius 1 is 1.08 bits per heavy atom. The van der Waals surface area contributed by atoms with E-state index < -0.39 is 24.5 Å². The SMILES string of the molecule is CCNC(=O)NC(=O)COC(=O)c1oc2c(ccc3ccccc32)c1C. The molecule has 3 aromatic rings. The summed E-state index contributed by atoms with van der Waals surface area (Å²) in [5.74, 6) is -1.43. The van der Waals surface area contributed by atoms with Crippen LogP contribution in [0.2, 0.25) is 0 Å². The maximum absolute atomic E-state index is 12.3. The van der Waals surface area contributed by atoms with E-state index in [1.807, 2.05) is 36.4 Å². The molecule has 26 heavy (non-hydrogen) atoms. The first-order valence-corrected chi connectivity index (χ1v) is 8.17. The van der Waals surface area contributed by atoms with Crippen LogP contribution >= 0.6 is 0 Å². The van der Waals surface area contributed by atoms with Gasteiger partial charge < -0.3 is 14.5 Å². The van der Waals surface area contributed by atoms with Gasteiger partial charge in [0, 0.05) is 22.9 Å². The van der Waals surface area contributed by atoms with Crippen LogP contribution in [0.4, 0.5) is 4.79 Å². The van der Waals surface area contributed by atoms with Gasteiger partial charge in [0.15, 0.2) is 6.61 Å². The van der Waals surface area contributed by atoms with Crippen LogP contribution in [0.3, 0.4) is 0 Å². The average Bonchev–Trinajstić information content (AvgIpc) is 2.97. The van der Waals surface area contributed by atoms with Crippen molar-refractivity contribution in [2.24, 2.45) is 0 Å². The largest absolute Gasteiger partial charge is 0.450 e. The van der Waals surface area contributed by atoms with Gasteiger partial charge in [0.25, 0.3) is 5.91 Å². The lowest BCUT2D eigenvalue weighted by molar-refractivity contribution is -0.123. The molecule has 0 saturated heterocycles. The van der Waals surface area contributed by atoms with E-state index in [0.29, 0.717) is 17.7 Å². The summed E-state index contributed by atoms with van der Waals surface area (Å²) >= 11 is 0. The van der Waals surface area contributed by atoms with E-state index in [4.69, 9.17) is 9.15 Å². The van der Waals surface area contributed by atoms with Crippen LogP contribution < -0.4 is 10.6 Å². The highest BCUT2D eigenvalue weighted by Crippen LogP contribution is 2.31. The second kappa shape index (κ2) is 7.26. The average molecular weight is 354 g/mol. The van der Waals surface area contributed by atoms with E-state index in [-0.39, 0.29) is 5.76 Å². The predicted molar refractivity (Wildman–Crippen MR) is 96.0 cm³/mol. The van der Waals surface area contributed by atoms with Crippen molar-refractivity contribution in [1.29, 1.82) is 0 Å². The van der Waals surface area contributed by atoms with E-state index in [1.165, 1.54) is 0 Å². The molecule has 3 amide bonds. The quantitative estimate of drug-likeness (QED) is 0.702. The number of urea groups is 1. The monoisotopic (exact) mass is 354 g/mol. The molecular weight excluding hydrogens is 336 g/mol. The number of carbonyl (C=O) groups is 3. The van der Waals surface area contributed by atoms with Gasteiger partial charge in [0.05, 0.1) is 0 Å². The first-order valence-electron chi connectivity index (χ1n) is 8.17. The normalized spacial score (nSPS) is 10.7. The molecule has 0 aliphatic rings. The van der Waals surface area contributed by atoms with Crippen molar-refractivity contribution in [3.63, 3.8) is 0 Å². The Bertz CT molecular complexity index is 1010. The highest BCUT2D eigenvalue weighted by atomic mass is 16.5. The Morgan fingerprint density at radius 3 is 2.62 bits per heavy atom. The Hall–Kier alpha value is -3.35. The Kier molecular flexibility index (Phi) is 4.88. The minimum atomic E-state index is -0.756. The number of carbonyl (C=O) groups excluding carboxylic acids is 3. The number of rotatable bonds is 4. The second-order valence-electron chi connectivity index (χ2n) is 5.70. The highest BCUT2D eigenvalue weighted by molar-refractivity contribution is 6.08. The lowest BCUT2D eigenvalue weighted by atomic mass is 10.1. The summed E-state index contributed by atoms with van der Waals surface area (Å²) in [5, 5.41) is 7.16. The number of esters is 1. The van der Waals surface area contributed by atoms with Gasteiger partial charge in [-0.15, -0.1) is 0 Å². The smallest absolute Gasteiger partial charge is 0.375 e. The molecule has 0 bridgehead atoms. The zero-order valence-electron chi connectivity index (χ0n) is 14.4. The number of fused-ring (bicyclic) bond motifs is 3. The molecule has 3 rings (SSSR count). The number of imide groups is 1. The first kappa shape index (κ1) is 17.5. The fraction of sp³-hybridized carbons (Fsp3) is 0.211. The third-order valence-electron chi connectivity index (χ3n) is 3.94. The van der Waals surface area contributed by atoms with Gasteiger partial charge >= 0.3 is 12.0 Å². The molecule has 134 valence electrons. The molecule has 7 nitrogen and oxygen atoms in total. The molecule has 0 aliphatic heterocycles. The number of amides is 3. The molecule has 0 aliphatic carbocycles. The maximum atomic E-state index is 12.3. The molecule has 7 heteroatoms. The standard InChI is InChI=1S/C19H18N2O5/c1-3-20-19(24)21-15(22)10-25-18(23)16-11(2)13-9-8-12-6-4-5-7-14(12)17(13)26-16/h4-9H,3,10H2,1-2H3,(H2,20,21,22,24). The Balaban J connectivity index is 1.78. The van der Waals surface area contributed by atoms with Gasteiger partial charge in [0.1, 0.15) is 5.58 Å². The van der Waals surface area contributed by atoms with Crippen LogP contribution in [0.1, 0.15) is 23.0 Å². The molecule has 0 spiro atoms. The third kappa shape index (κ3) is 3.37. The molecule has 1 heterocycles. The van der Waals surface area contributed by atoms with Crippen LogP contribution in [0, 0.1) is 6.92 Å². The predicted octanol–water partition coefficient (Wildman–Crippen LogP) is 2.90. The van der Waals surface area contributed by atoms with Crippen LogP contribution in [-0.2, 0) is 9.53 Å². The number of nitrogens with one attached hydrogen (secondary N) is 2. The summed E-state index contributed by atoms with van der Waals surface area (Å²) in [6.07, 6.45) is 0. The van der Waals surface area contributed by atoms with Crippen LogP contribution in [0.5, 0.6) is 0 Å². The second-order valence-corrected chi connectivity index (χ2v) is 5.70. The number of benzene rings is 2. The van der Waals surface area contributed by atoms with Crippen molar-refractivity contribution in [3.05, 3.63) is 47.7 Å². The van der Waals surface area contributed by atoms with Crippen molar-refractivity contribution < 1.29 is 23.5 Å². The first-order chi connectivity index (χ1) is 12.5. The minimum Gasteiger partial charge on any atom is -0.450 e. The van der Waals surface area contributed by atoms with Crippen molar-refractivity contribution in [3.8, 4) is 0 Å². The molecule has 0 saturated carbocycles. The fourth-order valence-electron chi connectivity index (χ4n) is 2.71. The van der Waals surface area contributed by atoms with Crippen molar-refractivity contribution in [2.75, 3.05) is 13.2 Å². The summed E-state index contributed by atoms with van der Waals surface area (Å²) in [6.45, 7) is 3.28. The highest BCUT2D eigenvalue weighted by Gasteiger charge is 2.21. The number of hydrogen-bond donors (Lipinski definition) is 2. The molecule has 2 aromatic carbocycles. The fourth-order valence-corrected chi connectivity index (χ4v) is 2.71. The Labute approximate surface area is 149 Å². The van der Waals surface area contributed by atoms with E-state index in [2.05, 4.69) is 10.6 Å².